The molecule has 0 heterocycles. The first-order chi connectivity index (χ1) is 7.65. The van der Waals surface area contributed by atoms with Crippen LogP contribution in [0.2, 0.25) is 0 Å². The Morgan fingerprint density at radius 2 is 2.12 bits per heavy atom. The highest BCUT2D eigenvalue weighted by Crippen LogP contribution is 2.22. The molecule has 16 heavy (non-hydrogen) atoms. The zero-order chi connectivity index (χ0) is 12.0. The van der Waals surface area contributed by atoms with Crippen LogP contribution in [-0.4, -0.2) is 12.4 Å². The van der Waals surface area contributed by atoms with Gasteiger partial charge in [-0.25, -0.2) is 0 Å². The molecule has 0 saturated carbocycles. The predicted molar refractivity (Wildman–Crippen MR) is 56.8 cm³/mol. The van der Waals surface area contributed by atoms with E-state index in [1.165, 1.54) is 12.1 Å². The lowest BCUT2D eigenvalue weighted by Gasteiger charge is -2.08. The van der Waals surface area contributed by atoms with E-state index in [9.17, 15) is 13.6 Å². The molecule has 1 aromatic rings. The normalized spacial score (nSPS) is 10.2. The minimum Gasteiger partial charge on any atom is -0.434 e. The molecule has 1 rings (SSSR count). The average molecular weight is 226 g/mol. The first-order valence-corrected chi connectivity index (χ1v) is 4.83. The summed E-state index contributed by atoms with van der Waals surface area (Å²) < 4.78 is 28.4. The Labute approximate surface area is 92.5 Å². The quantitative estimate of drug-likeness (QED) is 0.548. The van der Waals surface area contributed by atoms with Crippen LogP contribution in [0.1, 0.15) is 23.2 Å². The second kappa shape index (κ2) is 6.00. The number of Topliss-reactive ketones (excluding diaryl/α,β-unsaturated/α-hetero) is 1. The molecule has 0 N–H and O–H groups in total. The van der Waals surface area contributed by atoms with Crippen molar-refractivity contribution in [3.05, 3.63) is 42.5 Å². The van der Waals surface area contributed by atoms with Gasteiger partial charge in [0.05, 0.1) is 5.56 Å². The molecule has 0 atom stereocenters. The number of ketones is 1. The molecule has 0 bridgehead atoms. The third-order valence-corrected chi connectivity index (χ3v) is 1.98. The van der Waals surface area contributed by atoms with Crippen LogP contribution < -0.4 is 4.74 Å². The van der Waals surface area contributed by atoms with E-state index < -0.39 is 6.61 Å². The van der Waals surface area contributed by atoms with Gasteiger partial charge in [-0.15, -0.1) is 6.58 Å². The number of halogens is 2. The summed E-state index contributed by atoms with van der Waals surface area (Å²) in [7, 11) is 0. The van der Waals surface area contributed by atoms with Gasteiger partial charge in [0.25, 0.3) is 0 Å². The minimum atomic E-state index is -2.92. The van der Waals surface area contributed by atoms with Crippen molar-refractivity contribution in [1.29, 1.82) is 0 Å². The maximum atomic E-state index is 12.1. The first-order valence-electron chi connectivity index (χ1n) is 4.83. The molecule has 86 valence electrons. The Kier molecular flexibility index (Phi) is 4.64. The van der Waals surface area contributed by atoms with Crippen LogP contribution in [-0.2, 0) is 0 Å². The number of para-hydroxylation sites is 1. The number of benzene rings is 1. The van der Waals surface area contributed by atoms with E-state index in [4.69, 9.17) is 0 Å². The molecule has 0 aromatic heterocycles. The minimum absolute atomic E-state index is 0.0773. The second-order valence-corrected chi connectivity index (χ2v) is 3.13. The van der Waals surface area contributed by atoms with Gasteiger partial charge >= 0.3 is 6.61 Å². The van der Waals surface area contributed by atoms with Gasteiger partial charge in [-0.1, -0.05) is 18.2 Å². The first kappa shape index (κ1) is 12.4. The van der Waals surface area contributed by atoms with Crippen LogP contribution in [0.15, 0.2) is 36.9 Å². The second-order valence-electron chi connectivity index (χ2n) is 3.13. The standard InChI is InChI=1S/C12H12F2O2/c1-2-3-7-10(15)9-6-4-5-8-11(9)16-12(13)14/h2,4-6,8,12H,1,3,7H2. The Morgan fingerprint density at radius 1 is 1.44 bits per heavy atom. The third kappa shape index (κ3) is 3.46. The van der Waals surface area contributed by atoms with Gasteiger partial charge in [-0.05, 0) is 18.6 Å². The summed E-state index contributed by atoms with van der Waals surface area (Å²) in [5, 5.41) is 0. The Balaban J connectivity index is 2.85. The van der Waals surface area contributed by atoms with Crippen LogP contribution in [0.4, 0.5) is 8.78 Å². The maximum Gasteiger partial charge on any atom is 0.387 e. The lowest BCUT2D eigenvalue weighted by Crippen LogP contribution is -2.07. The molecule has 0 fully saturated rings. The van der Waals surface area contributed by atoms with E-state index in [0.29, 0.717) is 6.42 Å². The van der Waals surface area contributed by atoms with Gasteiger partial charge in [0, 0.05) is 6.42 Å². The summed E-state index contributed by atoms with van der Waals surface area (Å²) in [6, 6.07) is 5.98. The zero-order valence-electron chi connectivity index (χ0n) is 8.66. The van der Waals surface area contributed by atoms with E-state index in [-0.39, 0.29) is 23.5 Å². The molecule has 0 aliphatic carbocycles. The number of hydrogen-bond donors (Lipinski definition) is 0. The van der Waals surface area contributed by atoms with Crippen molar-refractivity contribution >= 4 is 5.78 Å². The van der Waals surface area contributed by atoms with E-state index in [0.717, 1.165) is 0 Å². The van der Waals surface area contributed by atoms with Crippen molar-refractivity contribution in [2.24, 2.45) is 0 Å². The van der Waals surface area contributed by atoms with E-state index in [1.54, 1.807) is 18.2 Å². The maximum absolute atomic E-state index is 12.1. The molecule has 4 heteroatoms. The van der Waals surface area contributed by atoms with E-state index in [1.807, 2.05) is 0 Å². The SMILES string of the molecule is C=CCCC(=O)c1ccccc1OC(F)F. The van der Waals surface area contributed by atoms with E-state index in [2.05, 4.69) is 11.3 Å². The number of ether oxygens (including phenoxy) is 1. The van der Waals surface area contributed by atoms with Crippen LogP contribution >= 0.6 is 0 Å². The fourth-order valence-electron chi connectivity index (χ4n) is 1.26. The lowest BCUT2D eigenvalue weighted by molar-refractivity contribution is -0.0501. The van der Waals surface area contributed by atoms with E-state index >= 15 is 0 Å². The molecule has 1 aromatic carbocycles. The summed E-state index contributed by atoms with van der Waals surface area (Å²) >= 11 is 0. The summed E-state index contributed by atoms with van der Waals surface area (Å²) in [4.78, 5) is 11.6. The smallest absolute Gasteiger partial charge is 0.387 e. The van der Waals surface area contributed by atoms with Crippen molar-refractivity contribution in [2.45, 2.75) is 19.5 Å². The van der Waals surface area contributed by atoms with Crippen molar-refractivity contribution in [3.8, 4) is 5.75 Å². The summed E-state index contributed by atoms with van der Waals surface area (Å²) in [6.45, 7) is 0.571. The summed E-state index contributed by atoms with van der Waals surface area (Å²) in [5.41, 5.74) is 0.185. The fourth-order valence-corrected chi connectivity index (χ4v) is 1.26. The van der Waals surface area contributed by atoms with Gasteiger partial charge in [-0.3, -0.25) is 4.79 Å². The van der Waals surface area contributed by atoms with Gasteiger partial charge < -0.3 is 4.74 Å². The highest BCUT2D eigenvalue weighted by molar-refractivity contribution is 5.98. The van der Waals surface area contributed by atoms with Gasteiger partial charge in [0.2, 0.25) is 0 Å². The average Bonchev–Trinajstić information content (AvgIpc) is 2.26. The van der Waals surface area contributed by atoms with Gasteiger partial charge in [-0.2, -0.15) is 8.78 Å². The number of carbonyl (C=O) groups excluding carboxylic acids is 1. The molecule has 2 nitrogen and oxygen atoms in total. The van der Waals surface area contributed by atoms with Crippen LogP contribution in [0, 0.1) is 0 Å². The highest BCUT2D eigenvalue weighted by atomic mass is 19.3. The number of hydrogen-bond acceptors (Lipinski definition) is 2. The molecule has 0 amide bonds. The van der Waals surface area contributed by atoms with Crippen LogP contribution in [0.25, 0.3) is 0 Å². The number of alkyl halides is 2. The van der Waals surface area contributed by atoms with Gasteiger partial charge in [0.15, 0.2) is 5.78 Å². The fraction of sp³-hybridized carbons (Fsp3) is 0.250. The molecule has 0 saturated heterocycles. The highest BCUT2D eigenvalue weighted by Gasteiger charge is 2.14. The molecule has 0 radical (unpaired) electrons. The van der Waals surface area contributed by atoms with Crippen molar-refractivity contribution in [1.82, 2.24) is 0 Å². The van der Waals surface area contributed by atoms with Crippen LogP contribution in [0.5, 0.6) is 5.75 Å². The van der Waals surface area contributed by atoms with Crippen molar-refractivity contribution in [3.63, 3.8) is 0 Å². The Bertz CT molecular complexity index is 375. The molecule has 0 aliphatic heterocycles. The van der Waals surface area contributed by atoms with Gasteiger partial charge in [0.1, 0.15) is 5.75 Å². The zero-order valence-corrected chi connectivity index (χ0v) is 8.66. The lowest BCUT2D eigenvalue weighted by atomic mass is 10.1. The van der Waals surface area contributed by atoms with Crippen molar-refractivity contribution < 1.29 is 18.3 Å². The predicted octanol–water partition coefficient (Wildman–Crippen LogP) is 3.44. The number of rotatable bonds is 6. The summed E-state index contributed by atoms with van der Waals surface area (Å²) in [6.07, 6.45) is 2.36. The van der Waals surface area contributed by atoms with Crippen LogP contribution in [0.3, 0.4) is 0 Å². The number of allylic oxidation sites excluding steroid dienone is 1. The topological polar surface area (TPSA) is 26.3 Å². The largest absolute Gasteiger partial charge is 0.434 e. The summed E-state index contributed by atoms with van der Waals surface area (Å²) in [5.74, 6) is -0.303. The molecule has 0 unspecified atom stereocenters. The Hall–Kier alpha value is -1.71. The molecular formula is C12H12F2O2. The molecule has 0 aliphatic rings. The third-order valence-electron chi connectivity index (χ3n) is 1.98. The Morgan fingerprint density at radius 3 is 2.75 bits per heavy atom. The molecular weight excluding hydrogens is 214 g/mol. The molecule has 0 spiro atoms. The number of carbonyl (C=O) groups is 1. The monoisotopic (exact) mass is 226 g/mol. The van der Waals surface area contributed by atoms with Crippen molar-refractivity contribution in [2.75, 3.05) is 0 Å².